The minimum Gasteiger partial charge on any atom is -0.377 e. The van der Waals surface area contributed by atoms with Crippen molar-refractivity contribution in [2.45, 2.75) is 25.9 Å². The molecule has 2 N–H and O–H groups in total. The highest BCUT2D eigenvalue weighted by atomic mass is 35.5. The van der Waals surface area contributed by atoms with Gasteiger partial charge in [0.25, 0.3) is 0 Å². The van der Waals surface area contributed by atoms with E-state index in [1.807, 2.05) is 48.5 Å². The van der Waals surface area contributed by atoms with Crippen LogP contribution in [0.5, 0.6) is 0 Å². The molecule has 36 heavy (non-hydrogen) atoms. The van der Waals surface area contributed by atoms with Gasteiger partial charge in [0, 0.05) is 12.8 Å². The summed E-state index contributed by atoms with van der Waals surface area (Å²) < 4.78 is 3.57. The van der Waals surface area contributed by atoms with Crippen molar-refractivity contribution in [1.82, 2.24) is 39.6 Å². The monoisotopic (exact) mass is 556 g/mol. The van der Waals surface area contributed by atoms with Crippen molar-refractivity contribution in [2.75, 3.05) is 10.6 Å². The molecule has 0 saturated carbocycles. The molecule has 0 amide bonds. The minimum atomic E-state index is 0.547. The molecule has 4 aromatic heterocycles. The normalized spacial score (nSPS) is 11.5. The van der Waals surface area contributed by atoms with Gasteiger partial charge in [0.05, 0.1) is 34.5 Å². The fraction of sp³-hybridized carbons (Fsp3) is 0.182. The summed E-state index contributed by atoms with van der Waals surface area (Å²) >= 11 is 15.4. The molecule has 0 spiro atoms. The molecule has 10 nitrogen and oxygen atoms in total. The quantitative estimate of drug-likeness (QED) is 0.256. The van der Waals surface area contributed by atoms with E-state index >= 15 is 0 Å². The number of aryl methyl sites for hydroxylation is 2. The van der Waals surface area contributed by atoms with Gasteiger partial charge in [-0.05, 0) is 24.3 Å². The number of halogens is 2. The number of nitrogens with one attached hydrogen (secondary N) is 2. The van der Waals surface area contributed by atoms with Crippen LogP contribution < -0.4 is 10.6 Å². The van der Waals surface area contributed by atoms with Crippen molar-refractivity contribution in [1.29, 1.82) is 0 Å². The van der Waals surface area contributed by atoms with Crippen molar-refractivity contribution in [3.8, 4) is 0 Å². The summed E-state index contributed by atoms with van der Waals surface area (Å²) in [4.78, 5) is 1.49. The predicted molar refractivity (Wildman–Crippen MR) is 142 cm³/mol. The van der Waals surface area contributed by atoms with Gasteiger partial charge in [-0.25, -0.2) is 0 Å². The van der Waals surface area contributed by atoms with Crippen LogP contribution >= 0.6 is 45.9 Å². The molecule has 0 bridgehead atoms. The van der Waals surface area contributed by atoms with E-state index < -0.39 is 0 Å². The van der Waals surface area contributed by atoms with Crippen LogP contribution in [0.25, 0.3) is 9.92 Å². The largest absolute Gasteiger partial charge is 0.377 e. The lowest BCUT2D eigenvalue weighted by atomic mass is 10.3. The van der Waals surface area contributed by atoms with Crippen LogP contribution in [-0.4, -0.2) is 39.6 Å². The Balaban J connectivity index is 1.12. The van der Waals surface area contributed by atoms with E-state index in [4.69, 9.17) is 23.2 Å². The average Bonchev–Trinajstić information content (AvgIpc) is 3.64. The van der Waals surface area contributed by atoms with E-state index in [9.17, 15) is 0 Å². The van der Waals surface area contributed by atoms with Gasteiger partial charge in [0.2, 0.25) is 9.92 Å². The van der Waals surface area contributed by atoms with E-state index in [2.05, 4.69) is 41.2 Å². The Hall–Kier alpha value is -3.32. The lowest BCUT2D eigenvalue weighted by Crippen LogP contribution is -2.05. The SMILES string of the molecule is Clc1ccccc1NCc1nn2c(CCc3nnc4sc(CNc5ccccc5Cl)nn34)nnc2s1. The topological polar surface area (TPSA) is 110 Å². The Labute approximate surface area is 222 Å². The second kappa shape index (κ2) is 9.97. The summed E-state index contributed by atoms with van der Waals surface area (Å²) in [6.07, 6.45) is 1.21. The maximum absolute atomic E-state index is 6.22. The number of nitrogens with zero attached hydrogens (tertiary/aromatic N) is 8. The van der Waals surface area contributed by atoms with Gasteiger partial charge in [0.15, 0.2) is 11.6 Å². The zero-order valence-electron chi connectivity index (χ0n) is 18.6. The van der Waals surface area contributed by atoms with E-state index in [-0.39, 0.29) is 0 Å². The van der Waals surface area contributed by atoms with E-state index in [1.54, 1.807) is 9.03 Å². The number of hydrogen-bond donors (Lipinski definition) is 2. The maximum atomic E-state index is 6.22. The van der Waals surface area contributed by atoms with Crippen LogP contribution in [-0.2, 0) is 25.9 Å². The van der Waals surface area contributed by atoms with Crippen molar-refractivity contribution in [2.24, 2.45) is 0 Å². The van der Waals surface area contributed by atoms with Crippen molar-refractivity contribution in [3.63, 3.8) is 0 Å². The number of aromatic nitrogens is 8. The third-order valence-electron chi connectivity index (χ3n) is 5.37. The van der Waals surface area contributed by atoms with Gasteiger partial charge in [-0.1, -0.05) is 70.1 Å². The van der Waals surface area contributed by atoms with Gasteiger partial charge < -0.3 is 10.6 Å². The molecule has 0 fully saturated rings. The predicted octanol–water partition coefficient (Wildman–Crippen LogP) is 5.00. The highest BCUT2D eigenvalue weighted by molar-refractivity contribution is 7.17. The zero-order chi connectivity index (χ0) is 24.5. The third kappa shape index (κ3) is 4.72. The first kappa shape index (κ1) is 23.1. The summed E-state index contributed by atoms with van der Waals surface area (Å²) in [5.74, 6) is 1.52. The smallest absolute Gasteiger partial charge is 0.234 e. The van der Waals surface area contributed by atoms with Crippen molar-refractivity contribution in [3.05, 3.63) is 80.2 Å². The van der Waals surface area contributed by atoms with Crippen molar-refractivity contribution < 1.29 is 0 Å². The number of rotatable bonds is 9. The van der Waals surface area contributed by atoms with Gasteiger partial charge >= 0.3 is 0 Å². The Kier molecular flexibility index (Phi) is 6.40. The Bertz CT molecular complexity index is 1530. The van der Waals surface area contributed by atoms with Crippen LogP contribution in [0.2, 0.25) is 10.0 Å². The van der Waals surface area contributed by atoms with Gasteiger partial charge in [-0.2, -0.15) is 19.2 Å². The van der Waals surface area contributed by atoms with E-state index in [1.165, 1.54) is 22.7 Å². The number of benzene rings is 2. The molecule has 0 saturated heterocycles. The standard InChI is InChI=1S/C22H18Cl2N10S2/c23-13-5-1-3-7-15(13)25-11-19-31-33-17(27-29-21(33)35-19)9-10-18-28-30-22-34(18)32-20(36-22)12-26-16-8-4-2-6-14(16)24/h1-8,25-26H,9-12H2. The van der Waals surface area contributed by atoms with Crippen LogP contribution in [0.4, 0.5) is 11.4 Å². The van der Waals surface area contributed by atoms with Gasteiger partial charge in [-0.3, -0.25) is 0 Å². The molecule has 0 aliphatic rings. The molecule has 0 atom stereocenters. The molecule has 6 aromatic rings. The molecule has 6 rings (SSSR count). The third-order valence-corrected chi connectivity index (χ3v) is 7.83. The number of para-hydroxylation sites is 2. The molecular formula is C22H18Cl2N10S2. The summed E-state index contributed by atoms with van der Waals surface area (Å²) in [6.45, 7) is 1.09. The Morgan fingerprint density at radius 1 is 0.639 bits per heavy atom. The fourth-order valence-corrected chi connectivity index (χ4v) is 5.61. The second-order valence-corrected chi connectivity index (χ2v) is 10.7. The number of anilines is 2. The molecule has 0 unspecified atom stereocenters. The molecule has 4 heterocycles. The zero-order valence-corrected chi connectivity index (χ0v) is 21.7. The highest BCUT2D eigenvalue weighted by Gasteiger charge is 2.16. The van der Waals surface area contributed by atoms with Crippen LogP contribution in [0.1, 0.15) is 21.7 Å². The van der Waals surface area contributed by atoms with Crippen LogP contribution in [0.15, 0.2) is 48.5 Å². The molecule has 0 radical (unpaired) electrons. The van der Waals surface area contributed by atoms with E-state index in [0.717, 1.165) is 43.0 Å². The summed E-state index contributed by atoms with van der Waals surface area (Å²) in [6, 6.07) is 15.2. The first-order valence-electron chi connectivity index (χ1n) is 11.0. The first-order valence-corrected chi connectivity index (χ1v) is 13.4. The Morgan fingerprint density at radius 3 is 1.53 bits per heavy atom. The average molecular weight is 557 g/mol. The lowest BCUT2D eigenvalue weighted by Gasteiger charge is -2.05. The molecule has 14 heteroatoms. The second-order valence-electron chi connectivity index (χ2n) is 7.78. The molecule has 2 aromatic carbocycles. The Morgan fingerprint density at radius 2 is 1.08 bits per heavy atom. The summed E-state index contributed by atoms with van der Waals surface area (Å²) in [7, 11) is 0. The molecule has 0 aliphatic carbocycles. The lowest BCUT2D eigenvalue weighted by molar-refractivity contribution is 0.727. The number of hydrogen-bond acceptors (Lipinski definition) is 10. The van der Waals surface area contributed by atoms with Crippen molar-refractivity contribution >= 4 is 67.2 Å². The fourth-order valence-electron chi connectivity index (χ4n) is 3.62. The first-order chi connectivity index (χ1) is 17.6. The highest BCUT2D eigenvalue weighted by Crippen LogP contribution is 2.24. The number of fused-ring (bicyclic) bond motifs is 2. The minimum absolute atomic E-state index is 0.547. The van der Waals surface area contributed by atoms with Crippen LogP contribution in [0.3, 0.4) is 0 Å². The van der Waals surface area contributed by atoms with E-state index in [0.29, 0.717) is 36.0 Å². The summed E-state index contributed by atoms with van der Waals surface area (Å²) in [5.41, 5.74) is 1.73. The molecular weight excluding hydrogens is 539 g/mol. The van der Waals surface area contributed by atoms with Crippen LogP contribution in [0, 0.1) is 0 Å². The van der Waals surface area contributed by atoms with Gasteiger partial charge in [-0.15, -0.1) is 20.4 Å². The maximum Gasteiger partial charge on any atom is 0.234 e. The summed E-state index contributed by atoms with van der Waals surface area (Å²) in [5, 5.41) is 36.3. The molecule has 0 aliphatic heterocycles. The van der Waals surface area contributed by atoms with Gasteiger partial charge in [0.1, 0.15) is 10.0 Å². The molecule has 182 valence electrons.